The minimum absolute atomic E-state index is 0.111. The normalized spacial score (nSPS) is 11.6. The molecule has 0 saturated carbocycles. The summed E-state index contributed by atoms with van der Waals surface area (Å²) in [5.41, 5.74) is 0.0323. The molecule has 4 rings (SSSR count). The Balaban J connectivity index is 1.76. The Kier molecular flexibility index (Phi) is 11.3. The van der Waals surface area contributed by atoms with Crippen LogP contribution in [0.5, 0.6) is 29.3 Å². The van der Waals surface area contributed by atoms with E-state index in [9.17, 15) is 14.4 Å². The zero-order valence-corrected chi connectivity index (χ0v) is 29.6. The van der Waals surface area contributed by atoms with Crippen LogP contribution in [0, 0.1) is 20.8 Å². The molecule has 1 atom stereocenters. The van der Waals surface area contributed by atoms with Crippen molar-refractivity contribution in [2.75, 3.05) is 21.3 Å². The van der Waals surface area contributed by atoms with Crippen LogP contribution in [-0.4, -0.2) is 64.8 Å². The maximum Gasteiger partial charge on any atom is 0.431 e. The predicted molar refractivity (Wildman–Crippen MR) is 182 cm³/mol. The number of methoxy groups -OCH3 is 3. The summed E-state index contributed by atoms with van der Waals surface area (Å²) in [6.07, 6.45) is -1.08. The molecule has 0 fully saturated rings. The number of benzene rings is 3. The molecule has 49 heavy (non-hydrogen) atoms. The van der Waals surface area contributed by atoms with Crippen molar-refractivity contribution in [3.8, 4) is 29.3 Å². The maximum absolute atomic E-state index is 14.4. The number of hydrogen-bond acceptors (Lipinski definition) is 10. The van der Waals surface area contributed by atoms with Crippen molar-refractivity contribution in [3.05, 3.63) is 100 Å². The zero-order chi connectivity index (χ0) is 36.0. The van der Waals surface area contributed by atoms with E-state index in [-0.39, 0.29) is 40.2 Å². The number of nitrogens with zero attached hydrogens (tertiary/aromatic N) is 4. The van der Waals surface area contributed by atoms with Crippen molar-refractivity contribution in [1.29, 1.82) is 0 Å². The molecule has 1 heterocycles. The second kappa shape index (κ2) is 15.2. The van der Waals surface area contributed by atoms with Crippen molar-refractivity contribution < 1.29 is 38.1 Å². The number of carbonyl (C=O) groups excluding carboxylic acids is 3. The molecule has 0 radical (unpaired) electrons. The summed E-state index contributed by atoms with van der Waals surface area (Å²) in [5.74, 6) is -0.531. The van der Waals surface area contributed by atoms with Crippen molar-refractivity contribution in [2.45, 2.75) is 52.6 Å². The summed E-state index contributed by atoms with van der Waals surface area (Å²) < 4.78 is 27.5. The van der Waals surface area contributed by atoms with E-state index in [0.29, 0.717) is 11.3 Å². The van der Waals surface area contributed by atoms with Gasteiger partial charge < -0.3 is 23.7 Å². The van der Waals surface area contributed by atoms with Gasteiger partial charge in [0.15, 0.2) is 0 Å². The molecule has 0 spiro atoms. The highest BCUT2D eigenvalue weighted by Crippen LogP contribution is 2.35. The third-order valence-electron chi connectivity index (χ3n) is 7.24. The molecule has 0 aliphatic rings. The monoisotopic (exact) mass is 690 g/mol. The molecule has 0 aliphatic heterocycles. The number of para-hydroxylation sites is 1. The number of hydrazine groups is 1. The number of aromatic nitrogens is 2. The quantitative estimate of drug-likeness (QED) is 0.0984. The Morgan fingerprint density at radius 1 is 0.755 bits per heavy atom. The van der Waals surface area contributed by atoms with Gasteiger partial charge in [0.2, 0.25) is 17.3 Å². The Hall–Kier alpha value is -5.36. The lowest BCUT2D eigenvalue weighted by Crippen LogP contribution is -2.60. The summed E-state index contributed by atoms with van der Waals surface area (Å²) in [7, 11) is 4.35. The molecule has 3 aromatic carbocycles. The van der Waals surface area contributed by atoms with E-state index >= 15 is 0 Å². The minimum Gasteiger partial charge on any atom is -0.496 e. The molecule has 0 saturated heterocycles. The fraction of sp³-hybridized carbons (Fsp3) is 0.306. The first-order valence-electron chi connectivity index (χ1n) is 15.2. The zero-order valence-electron chi connectivity index (χ0n) is 28.9. The summed E-state index contributed by atoms with van der Waals surface area (Å²) in [4.78, 5) is 51.4. The molecule has 0 bridgehead atoms. The standard InChI is InChI=1S/C36H39ClN4O8/c1-21-17-22(2)19-24(18-21)32(42)40(33(43)25-14-12-16-27(45-7)23(25)3)41(36(4,5)6)35(44)49-31(37)26-13-10-11-15-28(26)48-34-38-29(46-8)20-30(39-34)47-9/h10-20,31H,1-9H3. The van der Waals surface area contributed by atoms with E-state index in [2.05, 4.69) is 9.97 Å². The minimum atomic E-state index is -1.45. The summed E-state index contributed by atoms with van der Waals surface area (Å²) in [6, 6.07) is 18.0. The second-order valence-electron chi connectivity index (χ2n) is 12.0. The van der Waals surface area contributed by atoms with Gasteiger partial charge in [-0.25, -0.2) is 9.80 Å². The summed E-state index contributed by atoms with van der Waals surface area (Å²) >= 11 is 6.74. The van der Waals surface area contributed by atoms with Crippen LogP contribution in [0.3, 0.4) is 0 Å². The number of aryl methyl sites for hydroxylation is 2. The first-order chi connectivity index (χ1) is 23.2. The molecule has 0 N–H and O–H groups in total. The van der Waals surface area contributed by atoms with E-state index in [4.69, 9.17) is 35.3 Å². The summed E-state index contributed by atoms with van der Waals surface area (Å²) in [6.45, 7) is 10.4. The Bertz CT molecular complexity index is 1820. The highest BCUT2D eigenvalue weighted by atomic mass is 35.5. The van der Waals surface area contributed by atoms with Gasteiger partial charge in [-0.2, -0.15) is 15.0 Å². The van der Waals surface area contributed by atoms with Crippen LogP contribution in [0.4, 0.5) is 4.79 Å². The lowest BCUT2D eigenvalue weighted by Gasteiger charge is -2.41. The maximum atomic E-state index is 14.4. The van der Waals surface area contributed by atoms with E-state index in [0.717, 1.165) is 21.1 Å². The van der Waals surface area contributed by atoms with Crippen LogP contribution in [0.1, 0.15) is 69.3 Å². The fourth-order valence-corrected chi connectivity index (χ4v) is 5.29. The SMILES string of the molecule is COc1cc(OC)nc(Oc2ccccc2C(Cl)OC(=O)N(N(C(=O)c2cc(C)cc(C)c2)C(=O)c2cccc(OC)c2C)C(C)(C)C)n1. The molecule has 4 aromatic rings. The van der Waals surface area contributed by atoms with Crippen LogP contribution < -0.4 is 18.9 Å². The van der Waals surface area contributed by atoms with Crippen LogP contribution in [-0.2, 0) is 4.74 Å². The van der Waals surface area contributed by atoms with E-state index < -0.39 is 29.0 Å². The first kappa shape index (κ1) is 36.5. The molecule has 12 nitrogen and oxygen atoms in total. The number of rotatable bonds is 9. The first-order valence-corrected chi connectivity index (χ1v) is 15.6. The largest absolute Gasteiger partial charge is 0.496 e. The van der Waals surface area contributed by atoms with Crippen molar-refractivity contribution in [3.63, 3.8) is 0 Å². The van der Waals surface area contributed by atoms with E-state index in [1.54, 1.807) is 82.3 Å². The molecule has 1 unspecified atom stereocenters. The van der Waals surface area contributed by atoms with Crippen molar-refractivity contribution in [2.24, 2.45) is 0 Å². The van der Waals surface area contributed by atoms with Gasteiger partial charge in [-0.3, -0.25) is 9.59 Å². The highest BCUT2D eigenvalue weighted by molar-refractivity contribution is 6.20. The lowest BCUT2D eigenvalue weighted by atomic mass is 10.0. The van der Waals surface area contributed by atoms with Gasteiger partial charge in [0, 0.05) is 16.7 Å². The van der Waals surface area contributed by atoms with Crippen LogP contribution >= 0.6 is 11.6 Å². The van der Waals surface area contributed by atoms with Crippen LogP contribution in [0.2, 0.25) is 0 Å². The van der Waals surface area contributed by atoms with Crippen LogP contribution in [0.15, 0.2) is 66.7 Å². The smallest absolute Gasteiger partial charge is 0.431 e. The van der Waals surface area contributed by atoms with E-state index in [1.807, 2.05) is 19.9 Å². The number of amides is 3. The molecule has 1 aromatic heterocycles. The number of hydrogen-bond donors (Lipinski definition) is 0. The van der Waals surface area contributed by atoms with Gasteiger partial charge in [0.25, 0.3) is 11.8 Å². The van der Waals surface area contributed by atoms with E-state index in [1.165, 1.54) is 27.4 Å². The molecular weight excluding hydrogens is 652 g/mol. The lowest BCUT2D eigenvalue weighted by molar-refractivity contribution is -0.0454. The van der Waals surface area contributed by atoms with Gasteiger partial charge >= 0.3 is 12.1 Å². The van der Waals surface area contributed by atoms with Crippen molar-refractivity contribution in [1.82, 2.24) is 20.0 Å². The number of ether oxygens (including phenoxy) is 5. The van der Waals surface area contributed by atoms with Crippen molar-refractivity contribution >= 4 is 29.5 Å². The molecule has 13 heteroatoms. The highest BCUT2D eigenvalue weighted by Gasteiger charge is 2.42. The van der Waals surface area contributed by atoms with Gasteiger partial charge in [-0.05, 0) is 71.9 Å². The predicted octanol–water partition coefficient (Wildman–Crippen LogP) is 7.59. The average Bonchev–Trinajstić information content (AvgIpc) is 3.05. The summed E-state index contributed by atoms with van der Waals surface area (Å²) in [5, 5.41) is 1.75. The third kappa shape index (κ3) is 8.39. The number of alkyl halides is 1. The topological polar surface area (TPSA) is 130 Å². The van der Waals surface area contributed by atoms with Crippen LogP contribution in [0.25, 0.3) is 0 Å². The Morgan fingerprint density at radius 2 is 1.35 bits per heavy atom. The van der Waals surface area contributed by atoms with Gasteiger partial charge in [0.1, 0.15) is 11.5 Å². The number of imide groups is 1. The molecule has 3 amide bonds. The van der Waals surface area contributed by atoms with Gasteiger partial charge in [0.05, 0.1) is 38.5 Å². The second-order valence-corrected chi connectivity index (χ2v) is 12.4. The fourth-order valence-electron chi connectivity index (χ4n) is 5.03. The third-order valence-corrected chi connectivity index (χ3v) is 7.57. The molecular formula is C36H39ClN4O8. The average molecular weight is 691 g/mol. The Labute approximate surface area is 290 Å². The Morgan fingerprint density at radius 3 is 1.92 bits per heavy atom. The number of halogens is 1. The van der Waals surface area contributed by atoms with Gasteiger partial charge in [-0.1, -0.05) is 53.1 Å². The molecule has 258 valence electrons. The molecule has 0 aliphatic carbocycles. The number of carbonyl (C=O) groups is 3. The van der Waals surface area contributed by atoms with Gasteiger partial charge in [-0.15, -0.1) is 0 Å².